The van der Waals surface area contributed by atoms with Crippen molar-refractivity contribution in [2.75, 3.05) is 0 Å². The van der Waals surface area contributed by atoms with Gasteiger partial charge in [0, 0.05) is 6.07 Å². The van der Waals surface area contributed by atoms with E-state index in [1.54, 1.807) is 30.3 Å². The number of hydrogen-bond acceptors (Lipinski definition) is 5. The summed E-state index contributed by atoms with van der Waals surface area (Å²) < 4.78 is 37.4. The van der Waals surface area contributed by atoms with Crippen molar-refractivity contribution in [1.29, 1.82) is 0 Å². The Hall–Kier alpha value is -2.23. The Labute approximate surface area is 161 Å². The fraction of sp³-hybridized carbons (Fsp3) is 0.133. The zero-order valence-electron chi connectivity index (χ0n) is 12.8. The van der Waals surface area contributed by atoms with Crippen LogP contribution in [0.2, 0.25) is 10.0 Å². The number of nitrogens with zero attached hydrogens (tertiary/aromatic N) is 3. The van der Waals surface area contributed by atoms with Crippen LogP contribution < -0.4 is 4.74 Å². The van der Waals surface area contributed by atoms with E-state index in [2.05, 4.69) is 15.3 Å². The summed E-state index contributed by atoms with van der Waals surface area (Å²) in [6.45, 7) is 0.138. The Morgan fingerprint density at radius 1 is 1.31 bits per heavy atom. The van der Waals surface area contributed by atoms with Crippen molar-refractivity contribution in [3.63, 3.8) is 0 Å². The van der Waals surface area contributed by atoms with Gasteiger partial charge in [-0.2, -0.15) is 14.9 Å². The van der Waals surface area contributed by atoms with E-state index in [0.29, 0.717) is 27.3 Å². The van der Waals surface area contributed by atoms with Crippen molar-refractivity contribution < 1.29 is 17.9 Å². The second-order valence-electron chi connectivity index (χ2n) is 4.91. The molecule has 0 radical (unpaired) electrons. The van der Waals surface area contributed by atoms with Crippen LogP contribution in [-0.4, -0.2) is 21.1 Å². The number of rotatable bonds is 6. The third-order valence-electron chi connectivity index (χ3n) is 3.13. The first kappa shape index (κ1) is 18.6. The van der Waals surface area contributed by atoms with Crippen LogP contribution in [0, 0.1) is 4.77 Å². The molecule has 0 unspecified atom stereocenters. The van der Waals surface area contributed by atoms with Gasteiger partial charge in [-0.3, -0.25) is 0 Å². The third-order valence-corrected chi connectivity index (χ3v) is 4.13. The summed E-state index contributed by atoms with van der Waals surface area (Å²) in [6, 6.07) is 8.16. The van der Waals surface area contributed by atoms with Gasteiger partial charge in [-0.05, 0) is 36.5 Å². The normalized spacial score (nSPS) is 11.6. The molecule has 1 aromatic carbocycles. The molecule has 3 aromatic rings. The number of H-pyrrole nitrogens is 1. The molecule has 0 bridgehead atoms. The van der Waals surface area contributed by atoms with E-state index in [1.807, 2.05) is 0 Å². The van der Waals surface area contributed by atoms with Gasteiger partial charge in [-0.1, -0.05) is 23.2 Å². The summed E-state index contributed by atoms with van der Waals surface area (Å²) in [5.41, 5.74) is 0. The minimum atomic E-state index is -2.81. The van der Waals surface area contributed by atoms with Gasteiger partial charge in [0.1, 0.15) is 23.9 Å². The quantitative estimate of drug-likeness (QED) is 0.438. The van der Waals surface area contributed by atoms with Crippen molar-refractivity contribution in [2.24, 2.45) is 5.10 Å². The van der Waals surface area contributed by atoms with Gasteiger partial charge in [0.25, 0.3) is 6.43 Å². The van der Waals surface area contributed by atoms with E-state index >= 15 is 0 Å². The first-order chi connectivity index (χ1) is 12.4. The highest BCUT2D eigenvalue weighted by Crippen LogP contribution is 2.26. The van der Waals surface area contributed by atoms with Crippen molar-refractivity contribution >= 4 is 41.6 Å². The van der Waals surface area contributed by atoms with Gasteiger partial charge in [-0.25, -0.2) is 13.9 Å². The molecule has 136 valence electrons. The minimum absolute atomic E-state index is 0.0497. The van der Waals surface area contributed by atoms with E-state index in [-0.39, 0.29) is 11.4 Å². The maximum absolute atomic E-state index is 12.8. The molecule has 0 aliphatic carbocycles. The van der Waals surface area contributed by atoms with Crippen LogP contribution >= 0.6 is 35.4 Å². The first-order valence-corrected chi connectivity index (χ1v) is 8.27. The Kier molecular flexibility index (Phi) is 5.70. The molecule has 26 heavy (non-hydrogen) atoms. The molecule has 0 saturated heterocycles. The maximum atomic E-state index is 12.8. The molecule has 0 atom stereocenters. The van der Waals surface area contributed by atoms with Crippen LogP contribution in [0.4, 0.5) is 8.78 Å². The minimum Gasteiger partial charge on any atom is -0.486 e. The Morgan fingerprint density at radius 3 is 2.85 bits per heavy atom. The zero-order chi connectivity index (χ0) is 18.7. The van der Waals surface area contributed by atoms with Gasteiger partial charge >= 0.3 is 0 Å². The number of benzene rings is 1. The number of halogens is 4. The lowest BCUT2D eigenvalue weighted by Crippen LogP contribution is -1.99. The number of alkyl halides is 2. The summed E-state index contributed by atoms with van der Waals surface area (Å²) in [5, 5.41) is 10.3. The highest BCUT2D eigenvalue weighted by Gasteiger charge is 2.16. The lowest BCUT2D eigenvalue weighted by atomic mass is 10.3. The SMILES string of the molecule is FC(F)c1n[nH]c(=S)n1/N=C/c1ccc(COc2ccc(Cl)c(Cl)c2)o1. The van der Waals surface area contributed by atoms with Crippen molar-refractivity contribution in [3.8, 4) is 5.75 Å². The van der Waals surface area contributed by atoms with Crippen LogP contribution in [0.3, 0.4) is 0 Å². The smallest absolute Gasteiger partial charge is 0.299 e. The van der Waals surface area contributed by atoms with E-state index < -0.39 is 12.2 Å². The molecule has 0 spiro atoms. The number of aromatic nitrogens is 3. The topological polar surface area (TPSA) is 68.3 Å². The first-order valence-electron chi connectivity index (χ1n) is 7.10. The second kappa shape index (κ2) is 7.98. The molecule has 2 heterocycles. The Balaban J connectivity index is 1.67. The highest BCUT2D eigenvalue weighted by atomic mass is 35.5. The van der Waals surface area contributed by atoms with Crippen LogP contribution in [0.25, 0.3) is 0 Å². The van der Waals surface area contributed by atoms with Gasteiger partial charge in [0.2, 0.25) is 10.6 Å². The second-order valence-corrected chi connectivity index (χ2v) is 6.11. The van der Waals surface area contributed by atoms with Crippen LogP contribution in [0.5, 0.6) is 5.75 Å². The number of ether oxygens (including phenoxy) is 1. The lowest BCUT2D eigenvalue weighted by Gasteiger charge is -2.05. The van der Waals surface area contributed by atoms with Gasteiger partial charge in [0.15, 0.2) is 0 Å². The summed E-state index contributed by atoms with van der Waals surface area (Å²) in [6.07, 6.45) is -1.56. The molecule has 0 fully saturated rings. The van der Waals surface area contributed by atoms with Gasteiger partial charge in [0.05, 0.1) is 16.3 Å². The predicted octanol–water partition coefficient (Wildman–Crippen LogP) is 5.24. The number of nitrogens with one attached hydrogen (secondary N) is 1. The van der Waals surface area contributed by atoms with Gasteiger partial charge < -0.3 is 9.15 Å². The molecule has 6 nitrogen and oxygen atoms in total. The molecule has 2 aromatic heterocycles. The van der Waals surface area contributed by atoms with Crippen molar-refractivity contribution in [2.45, 2.75) is 13.0 Å². The van der Waals surface area contributed by atoms with Crippen molar-refractivity contribution in [1.82, 2.24) is 14.9 Å². The molecular weight excluding hydrogens is 409 g/mol. The van der Waals surface area contributed by atoms with E-state index in [4.69, 9.17) is 44.6 Å². The van der Waals surface area contributed by atoms with Crippen LogP contribution in [-0.2, 0) is 6.61 Å². The monoisotopic (exact) mass is 418 g/mol. The molecule has 11 heteroatoms. The maximum Gasteiger partial charge on any atom is 0.299 e. The average molecular weight is 419 g/mol. The van der Waals surface area contributed by atoms with Crippen LogP contribution in [0.15, 0.2) is 39.9 Å². The van der Waals surface area contributed by atoms with Crippen molar-refractivity contribution in [3.05, 3.63) is 62.5 Å². The summed E-state index contributed by atoms with van der Waals surface area (Å²) in [7, 11) is 0. The molecule has 0 amide bonds. The number of furan rings is 1. The number of aromatic amines is 1. The van der Waals surface area contributed by atoms with E-state index in [1.165, 1.54) is 6.21 Å². The number of hydrogen-bond donors (Lipinski definition) is 1. The summed E-state index contributed by atoms with van der Waals surface area (Å²) in [5.74, 6) is 0.779. The molecule has 0 aliphatic rings. The van der Waals surface area contributed by atoms with Gasteiger partial charge in [-0.15, -0.1) is 0 Å². The summed E-state index contributed by atoms with van der Waals surface area (Å²) >= 11 is 16.6. The molecule has 0 saturated carbocycles. The lowest BCUT2D eigenvalue weighted by molar-refractivity contribution is 0.136. The molecule has 3 rings (SSSR count). The standard InChI is InChI=1S/C15H10Cl2F2N4O2S/c16-11-4-3-8(5-12(11)17)24-7-10-2-1-9(25-10)6-20-23-14(13(18)19)21-22-15(23)26/h1-6,13H,7H2,(H,22,26)/b20-6+. The highest BCUT2D eigenvalue weighted by molar-refractivity contribution is 7.71. The van der Waals surface area contributed by atoms with E-state index in [9.17, 15) is 8.78 Å². The van der Waals surface area contributed by atoms with E-state index in [0.717, 1.165) is 4.68 Å². The van der Waals surface area contributed by atoms with Crippen LogP contribution in [0.1, 0.15) is 23.8 Å². The fourth-order valence-corrected chi connectivity index (χ4v) is 2.41. The zero-order valence-corrected chi connectivity index (χ0v) is 15.2. The Bertz CT molecular complexity index is 1000. The fourth-order valence-electron chi connectivity index (χ4n) is 1.93. The summed E-state index contributed by atoms with van der Waals surface area (Å²) in [4.78, 5) is 0. The Morgan fingerprint density at radius 2 is 2.12 bits per heavy atom. The molecule has 1 N–H and O–H groups in total. The average Bonchev–Trinajstić information content (AvgIpc) is 3.20. The molecular formula is C15H10Cl2F2N4O2S. The predicted molar refractivity (Wildman–Crippen MR) is 94.9 cm³/mol. The third kappa shape index (κ3) is 4.29. The largest absolute Gasteiger partial charge is 0.486 e. The molecule has 0 aliphatic heterocycles.